The van der Waals surface area contributed by atoms with E-state index in [1.807, 2.05) is 56.3 Å². The highest BCUT2D eigenvalue weighted by Gasteiger charge is 2.29. The summed E-state index contributed by atoms with van der Waals surface area (Å²) in [6, 6.07) is 12.9. The van der Waals surface area contributed by atoms with E-state index in [4.69, 9.17) is 14.5 Å². The van der Waals surface area contributed by atoms with Gasteiger partial charge in [-0.1, -0.05) is 6.07 Å². The van der Waals surface area contributed by atoms with Crippen LogP contribution >= 0.6 is 0 Å². The molecule has 0 saturated heterocycles. The minimum atomic E-state index is -0.285. The molecule has 1 atom stereocenters. The number of rotatable bonds is 7. The molecule has 0 bridgehead atoms. The van der Waals surface area contributed by atoms with Gasteiger partial charge in [0.2, 0.25) is 0 Å². The molecule has 34 heavy (non-hydrogen) atoms. The van der Waals surface area contributed by atoms with E-state index in [9.17, 15) is 4.79 Å². The van der Waals surface area contributed by atoms with E-state index < -0.39 is 0 Å². The van der Waals surface area contributed by atoms with Gasteiger partial charge in [0, 0.05) is 29.4 Å². The molecule has 8 nitrogen and oxygen atoms in total. The fourth-order valence-electron chi connectivity index (χ4n) is 4.24. The van der Waals surface area contributed by atoms with Gasteiger partial charge in [-0.3, -0.25) is 4.79 Å². The fraction of sp³-hybridized carbons (Fsp3) is 0.308. The molecule has 3 aromatic heterocycles. The molecule has 1 saturated carbocycles. The first kappa shape index (κ1) is 21.9. The number of aromatic nitrogens is 4. The predicted molar refractivity (Wildman–Crippen MR) is 129 cm³/mol. The molecule has 0 aliphatic heterocycles. The highest BCUT2D eigenvalue weighted by atomic mass is 16.5. The third kappa shape index (κ3) is 3.96. The largest absolute Gasteiger partial charge is 0.497 e. The summed E-state index contributed by atoms with van der Waals surface area (Å²) in [5.74, 6) is 2.22. The molecule has 1 fully saturated rings. The lowest BCUT2D eigenvalue weighted by Crippen LogP contribution is -2.27. The zero-order valence-corrected chi connectivity index (χ0v) is 19.7. The number of ether oxygens (including phenoxy) is 2. The van der Waals surface area contributed by atoms with Crippen LogP contribution in [-0.2, 0) is 0 Å². The van der Waals surface area contributed by atoms with Crippen LogP contribution in [0.4, 0.5) is 0 Å². The maximum absolute atomic E-state index is 13.6. The number of nitrogens with zero attached hydrogens (tertiary/aromatic N) is 4. The van der Waals surface area contributed by atoms with Gasteiger partial charge < -0.3 is 14.8 Å². The lowest BCUT2D eigenvalue weighted by Gasteiger charge is -2.18. The summed E-state index contributed by atoms with van der Waals surface area (Å²) in [5.41, 5.74) is 3.75. The number of fused-ring (bicyclic) bond motifs is 1. The Morgan fingerprint density at radius 3 is 2.65 bits per heavy atom. The maximum atomic E-state index is 13.6. The van der Waals surface area contributed by atoms with Gasteiger partial charge in [-0.25, -0.2) is 9.97 Å². The van der Waals surface area contributed by atoms with Crippen LogP contribution in [0.25, 0.3) is 16.9 Å². The first-order valence-electron chi connectivity index (χ1n) is 11.3. The van der Waals surface area contributed by atoms with E-state index in [2.05, 4.69) is 15.4 Å². The topological polar surface area (TPSA) is 91.2 Å². The Morgan fingerprint density at radius 1 is 1.15 bits per heavy atom. The van der Waals surface area contributed by atoms with Crippen LogP contribution in [0.3, 0.4) is 0 Å². The van der Waals surface area contributed by atoms with Crippen molar-refractivity contribution in [3.63, 3.8) is 0 Å². The van der Waals surface area contributed by atoms with Crippen molar-refractivity contribution < 1.29 is 14.3 Å². The summed E-state index contributed by atoms with van der Waals surface area (Å²) in [6.07, 6.45) is 3.88. The van der Waals surface area contributed by atoms with Gasteiger partial charge >= 0.3 is 0 Å². The van der Waals surface area contributed by atoms with Gasteiger partial charge in [0.25, 0.3) is 5.91 Å². The van der Waals surface area contributed by atoms with E-state index in [1.165, 1.54) is 0 Å². The molecule has 1 amide bonds. The molecule has 174 valence electrons. The summed E-state index contributed by atoms with van der Waals surface area (Å²) in [6.45, 7) is 3.83. The van der Waals surface area contributed by atoms with Crippen molar-refractivity contribution >= 4 is 16.9 Å². The summed E-state index contributed by atoms with van der Waals surface area (Å²) in [5, 5.41) is 8.56. The lowest BCUT2D eigenvalue weighted by molar-refractivity contribution is 0.0941. The van der Waals surface area contributed by atoms with Crippen molar-refractivity contribution in [1.82, 2.24) is 25.1 Å². The number of aryl methyl sites for hydroxylation is 1. The molecule has 0 radical (unpaired) electrons. The number of carbonyl (C=O) groups excluding carboxylic acids is 1. The molecule has 8 heteroatoms. The number of hydrogen-bond donors (Lipinski definition) is 1. The highest BCUT2D eigenvalue weighted by Crippen LogP contribution is 2.41. The SMILES string of the molecule is COc1ccc(C(C)NC(=O)c2cc(C3CC3)nc3c2c(C)nn3-c2ccccn2)c(OC)c1. The van der Waals surface area contributed by atoms with Crippen molar-refractivity contribution in [2.75, 3.05) is 14.2 Å². The second kappa shape index (κ2) is 8.78. The van der Waals surface area contributed by atoms with E-state index in [0.29, 0.717) is 34.4 Å². The van der Waals surface area contributed by atoms with Crippen LogP contribution in [0.1, 0.15) is 59.0 Å². The normalized spacial score (nSPS) is 14.1. The molecule has 4 aromatic rings. The van der Waals surface area contributed by atoms with Crippen LogP contribution in [0, 0.1) is 6.92 Å². The molecule has 1 unspecified atom stereocenters. The predicted octanol–water partition coefficient (Wildman–Crippen LogP) is 4.51. The smallest absolute Gasteiger partial charge is 0.252 e. The molecule has 0 spiro atoms. The molecule has 3 heterocycles. The van der Waals surface area contributed by atoms with Crippen LogP contribution in [0.5, 0.6) is 11.5 Å². The van der Waals surface area contributed by atoms with Gasteiger partial charge in [0.05, 0.1) is 36.9 Å². The van der Waals surface area contributed by atoms with Crippen molar-refractivity contribution in [3.05, 3.63) is 71.2 Å². The average Bonchev–Trinajstić information content (AvgIpc) is 3.67. The van der Waals surface area contributed by atoms with Gasteiger partial charge in [-0.2, -0.15) is 9.78 Å². The van der Waals surface area contributed by atoms with Gasteiger partial charge in [0.15, 0.2) is 11.5 Å². The molecular formula is C26H27N5O3. The number of carbonyl (C=O) groups is 1. The quantitative estimate of drug-likeness (QED) is 0.439. The monoisotopic (exact) mass is 457 g/mol. The zero-order valence-electron chi connectivity index (χ0n) is 19.7. The Kier molecular flexibility index (Phi) is 5.65. The molecule has 1 aliphatic rings. The number of pyridine rings is 2. The van der Waals surface area contributed by atoms with E-state index >= 15 is 0 Å². The van der Waals surface area contributed by atoms with Crippen LogP contribution < -0.4 is 14.8 Å². The minimum Gasteiger partial charge on any atom is -0.497 e. The van der Waals surface area contributed by atoms with Gasteiger partial charge in [0.1, 0.15) is 11.5 Å². The van der Waals surface area contributed by atoms with Crippen molar-refractivity contribution in [2.45, 2.75) is 38.6 Å². The third-order valence-electron chi connectivity index (χ3n) is 6.19. The zero-order chi connectivity index (χ0) is 23.8. The Hall–Kier alpha value is -3.94. The molecule has 1 aliphatic carbocycles. The molecule has 5 rings (SSSR count). The van der Waals surface area contributed by atoms with Crippen molar-refractivity contribution in [2.24, 2.45) is 0 Å². The van der Waals surface area contributed by atoms with Crippen LogP contribution in [-0.4, -0.2) is 39.9 Å². The average molecular weight is 458 g/mol. The van der Waals surface area contributed by atoms with E-state index in [-0.39, 0.29) is 11.9 Å². The van der Waals surface area contributed by atoms with Crippen LogP contribution in [0.15, 0.2) is 48.7 Å². The number of hydrogen-bond acceptors (Lipinski definition) is 6. The first-order chi connectivity index (χ1) is 16.5. The lowest BCUT2D eigenvalue weighted by atomic mass is 10.0. The van der Waals surface area contributed by atoms with Gasteiger partial charge in [-0.05, 0) is 57.0 Å². The Bertz CT molecular complexity index is 1360. The second-order valence-corrected chi connectivity index (χ2v) is 8.56. The number of benzene rings is 1. The number of amides is 1. The molecule has 1 N–H and O–H groups in total. The second-order valence-electron chi connectivity index (χ2n) is 8.56. The first-order valence-corrected chi connectivity index (χ1v) is 11.3. The summed E-state index contributed by atoms with van der Waals surface area (Å²) >= 11 is 0. The summed E-state index contributed by atoms with van der Waals surface area (Å²) in [7, 11) is 3.22. The Balaban J connectivity index is 1.55. The Morgan fingerprint density at radius 2 is 1.97 bits per heavy atom. The summed E-state index contributed by atoms with van der Waals surface area (Å²) < 4.78 is 12.6. The Labute approximate surface area is 197 Å². The van der Waals surface area contributed by atoms with E-state index in [1.54, 1.807) is 25.1 Å². The van der Waals surface area contributed by atoms with Crippen molar-refractivity contribution in [1.29, 1.82) is 0 Å². The third-order valence-corrected chi connectivity index (χ3v) is 6.19. The van der Waals surface area contributed by atoms with Gasteiger partial charge in [-0.15, -0.1) is 0 Å². The highest BCUT2D eigenvalue weighted by molar-refractivity contribution is 6.07. The fourth-order valence-corrected chi connectivity index (χ4v) is 4.24. The van der Waals surface area contributed by atoms with E-state index in [0.717, 1.165) is 35.2 Å². The van der Waals surface area contributed by atoms with Crippen LogP contribution in [0.2, 0.25) is 0 Å². The number of nitrogens with one attached hydrogen (secondary N) is 1. The molecular weight excluding hydrogens is 430 g/mol. The molecule has 1 aromatic carbocycles. The summed E-state index contributed by atoms with van der Waals surface area (Å²) in [4.78, 5) is 22.9. The maximum Gasteiger partial charge on any atom is 0.252 e. The number of methoxy groups -OCH3 is 2. The standard InChI is InChI=1S/C26H27N5O3/c1-15(19-11-10-18(33-3)13-22(19)34-4)28-26(32)20-14-21(17-8-9-17)29-25-24(20)16(2)30-31(25)23-7-5-6-12-27-23/h5-7,10-15,17H,8-9H2,1-4H3,(H,28,32). The van der Waals surface area contributed by atoms with Crippen molar-refractivity contribution in [3.8, 4) is 17.3 Å². The minimum absolute atomic E-state index is 0.177.